The Bertz CT molecular complexity index is 475. The molecule has 1 fully saturated rings. The van der Waals surface area contributed by atoms with Gasteiger partial charge in [0.1, 0.15) is 6.04 Å². The third-order valence-electron chi connectivity index (χ3n) is 3.61. The number of carbonyl (C=O) groups is 2. The van der Waals surface area contributed by atoms with E-state index in [9.17, 15) is 9.59 Å². The van der Waals surface area contributed by atoms with Crippen LogP contribution in [0.1, 0.15) is 31.4 Å². The third-order valence-corrected chi connectivity index (χ3v) is 3.61. The van der Waals surface area contributed by atoms with Crippen LogP contribution in [0.4, 0.5) is 0 Å². The largest absolute Gasteiger partial charge is 0.368 e. The molecule has 20 heavy (non-hydrogen) atoms. The lowest BCUT2D eigenvalue weighted by Crippen LogP contribution is -2.50. The van der Waals surface area contributed by atoms with Crippen LogP contribution in [-0.2, 0) is 9.59 Å². The van der Waals surface area contributed by atoms with Gasteiger partial charge in [-0.3, -0.25) is 14.5 Å². The molecule has 3 N–H and O–H groups in total. The molecule has 0 saturated carbocycles. The fraction of sp³-hybridized carbons (Fsp3) is 0.467. The van der Waals surface area contributed by atoms with Crippen LogP contribution in [0.2, 0.25) is 0 Å². The topological polar surface area (TPSA) is 75.4 Å². The van der Waals surface area contributed by atoms with Crippen LogP contribution in [-0.4, -0.2) is 35.8 Å². The highest BCUT2D eigenvalue weighted by molar-refractivity contribution is 5.81. The molecule has 0 bridgehead atoms. The summed E-state index contributed by atoms with van der Waals surface area (Å²) < 4.78 is 0. The summed E-state index contributed by atoms with van der Waals surface area (Å²) in [5, 5.41) is 2.92. The molecular formula is C15H21N3O2. The zero-order chi connectivity index (χ0) is 14.5. The normalized spacial score (nSPS) is 21.1. The molecule has 108 valence electrons. The van der Waals surface area contributed by atoms with Crippen LogP contribution in [0.3, 0.4) is 0 Å². The summed E-state index contributed by atoms with van der Waals surface area (Å²) in [7, 11) is 0. The fourth-order valence-corrected chi connectivity index (χ4v) is 2.84. The Morgan fingerprint density at radius 2 is 2.05 bits per heavy atom. The first-order valence-corrected chi connectivity index (χ1v) is 6.93. The summed E-state index contributed by atoms with van der Waals surface area (Å²) in [6.07, 6.45) is 1.89. The molecule has 1 heterocycles. The molecule has 2 unspecified atom stereocenters. The first kappa shape index (κ1) is 14.5. The predicted molar refractivity (Wildman–Crippen MR) is 76.8 cm³/mol. The number of nitrogens with two attached hydrogens (primary N) is 1. The number of primary amides is 1. The van der Waals surface area contributed by atoms with E-state index in [-0.39, 0.29) is 17.9 Å². The molecule has 0 spiro atoms. The summed E-state index contributed by atoms with van der Waals surface area (Å²) in [5.74, 6) is -0.383. The van der Waals surface area contributed by atoms with Crippen LogP contribution in [0, 0.1) is 0 Å². The Kier molecular flexibility index (Phi) is 4.74. The van der Waals surface area contributed by atoms with E-state index >= 15 is 0 Å². The van der Waals surface area contributed by atoms with Crippen molar-refractivity contribution in [2.75, 3.05) is 13.1 Å². The van der Waals surface area contributed by atoms with Gasteiger partial charge in [0, 0.05) is 19.5 Å². The number of hydrogen-bond acceptors (Lipinski definition) is 3. The lowest BCUT2D eigenvalue weighted by Gasteiger charge is -2.37. The second-order valence-electron chi connectivity index (χ2n) is 5.25. The van der Waals surface area contributed by atoms with Crippen molar-refractivity contribution in [2.45, 2.75) is 31.8 Å². The smallest absolute Gasteiger partial charge is 0.239 e. The van der Waals surface area contributed by atoms with Gasteiger partial charge in [0.15, 0.2) is 0 Å². The van der Waals surface area contributed by atoms with Gasteiger partial charge in [-0.25, -0.2) is 0 Å². The maximum atomic E-state index is 11.8. The van der Waals surface area contributed by atoms with Crippen molar-refractivity contribution in [1.29, 1.82) is 0 Å². The molecule has 2 atom stereocenters. The van der Waals surface area contributed by atoms with Crippen molar-refractivity contribution in [3.8, 4) is 0 Å². The minimum Gasteiger partial charge on any atom is -0.368 e. The van der Waals surface area contributed by atoms with E-state index < -0.39 is 6.04 Å². The van der Waals surface area contributed by atoms with E-state index in [1.165, 1.54) is 6.92 Å². The van der Waals surface area contributed by atoms with Crippen molar-refractivity contribution < 1.29 is 9.59 Å². The van der Waals surface area contributed by atoms with E-state index in [2.05, 4.69) is 10.2 Å². The van der Waals surface area contributed by atoms with E-state index in [0.29, 0.717) is 6.54 Å². The van der Waals surface area contributed by atoms with Gasteiger partial charge in [-0.05, 0) is 24.9 Å². The van der Waals surface area contributed by atoms with Gasteiger partial charge in [-0.15, -0.1) is 0 Å². The first-order chi connectivity index (χ1) is 9.58. The average Bonchev–Trinajstić information content (AvgIpc) is 2.39. The van der Waals surface area contributed by atoms with Crippen LogP contribution in [0.15, 0.2) is 30.3 Å². The number of carbonyl (C=O) groups excluding carboxylic acids is 2. The van der Waals surface area contributed by atoms with Crippen molar-refractivity contribution in [2.24, 2.45) is 5.73 Å². The molecule has 0 aliphatic carbocycles. The minimum atomic E-state index is -0.423. The Balaban J connectivity index is 2.13. The van der Waals surface area contributed by atoms with Crippen molar-refractivity contribution in [3.63, 3.8) is 0 Å². The molecule has 0 aromatic heterocycles. The number of benzene rings is 1. The molecule has 2 amide bonds. The van der Waals surface area contributed by atoms with Gasteiger partial charge >= 0.3 is 0 Å². The van der Waals surface area contributed by atoms with Gasteiger partial charge in [-0.2, -0.15) is 0 Å². The second kappa shape index (κ2) is 6.52. The molecule has 2 rings (SSSR count). The van der Waals surface area contributed by atoms with Crippen molar-refractivity contribution in [1.82, 2.24) is 10.2 Å². The number of rotatable bonds is 4. The number of amides is 2. The number of hydrogen-bond donors (Lipinski definition) is 2. The maximum absolute atomic E-state index is 11.8. The van der Waals surface area contributed by atoms with Gasteiger partial charge in [0.2, 0.25) is 11.8 Å². The quantitative estimate of drug-likeness (QED) is 0.854. The molecule has 5 nitrogen and oxygen atoms in total. The van der Waals surface area contributed by atoms with E-state index in [1.54, 1.807) is 0 Å². The number of nitrogens with zero attached hydrogens (tertiary/aromatic N) is 1. The van der Waals surface area contributed by atoms with E-state index in [0.717, 1.165) is 24.9 Å². The van der Waals surface area contributed by atoms with Crippen molar-refractivity contribution >= 4 is 11.8 Å². The maximum Gasteiger partial charge on any atom is 0.239 e. The van der Waals surface area contributed by atoms with E-state index in [4.69, 9.17) is 5.73 Å². The van der Waals surface area contributed by atoms with Gasteiger partial charge in [0.05, 0.1) is 0 Å². The highest BCUT2D eigenvalue weighted by atomic mass is 16.2. The summed E-state index contributed by atoms with van der Waals surface area (Å²) in [6.45, 7) is 2.99. The minimum absolute atomic E-state index is 0.0350. The Labute approximate surface area is 119 Å². The third kappa shape index (κ3) is 3.57. The zero-order valence-electron chi connectivity index (χ0n) is 11.7. The molecule has 1 saturated heterocycles. The number of piperidine rings is 1. The lowest BCUT2D eigenvalue weighted by molar-refractivity contribution is -0.124. The zero-order valence-corrected chi connectivity index (χ0v) is 11.7. The highest BCUT2D eigenvalue weighted by Crippen LogP contribution is 2.24. The molecule has 0 radical (unpaired) electrons. The summed E-state index contributed by atoms with van der Waals surface area (Å²) >= 11 is 0. The Morgan fingerprint density at radius 1 is 1.35 bits per heavy atom. The number of likely N-dealkylation sites (tertiary alicyclic amines) is 1. The molecule has 5 heteroatoms. The molecule has 1 aliphatic heterocycles. The van der Waals surface area contributed by atoms with Gasteiger partial charge in [0.25, 0.3) is 0 Å². The monoisotopic (exact) mass is 275 g/mol. The summed E-state index contributed by atoms with van der Waals surface area (Å²) in [6, 6.07) is 9.22. The van der Waals surface area contributed by atoms with E-state index in [1.807, 2.05) is 30.3 Å². The lowest BCUT2D eigenvalue weighted by atomic mass is 9.99. The van der Waals surface area contributed by atoms with Crippen LogP contribution < -0.4 is 11.1 Å². The van der Waals surface area contributed by atoms with Crippen LogP contribution in [0.5, 0.6) is 0 Å². The Hall–Kier alpha value is -1.88. The first-order valence-electron chi connectivity index (χ1n) is 6.93. The fourth-order valence-electron chi connectivity index (χ4n) is 2.84. The predicted octanol–water partition coefficient (Wildman–Crippen LogP) is 0.814. The SMILES string of the molecule is CC(=O)NC1CCCN(C(C(N)=O)c2ccccc2)C1. The highest BCUT2D eigenvalue weighted by Gasteiger charge is 2.30. The molecule has 1 aliphatic rings. The second-order valence-corrected chi connectivity index (χ2v) is 5.25. The Morgan fingerprint density at radius 3 is 2.65 bits per heavy atom. The molecule has 1 aromatic rings. The molecule has 1 aromatic carbocycles. The van der Waals surface area contributed by atoms with Crippen LogP contribution >= 0.6 is 0 Å². The summed E-state index contributed by atoms with van der Waals surface area (Å²) in [5.41, 5.74) is 6.48. The average molecular weight is 275 g/mol. The summed E-state index contributed by atoms with van der Waals surface area (Å²) in [4.78, 5) is 25.0. The van der Waals surface area contributed by atoms with Gasteiger partial charge in [-0.1, -0.05) is 30.3 Å². The van der Waals surface area contributed by atoms with Crippen LogP contribution in [0.25, 0.3) is 0 Å². The number of nitrogens with one attached hydrogen (secondary N) is 1. The van der Waals surface area contributed by atoms with Gasteiger partial charge < -0.3 is 11.1 Å². The molecular weight excluding hydrogens is 254 g/mol. The van der Waals surface area contributed by atoms with Crippen molar-refractivity contribution in [3.05, 3.63) is 35.9 Å². The standard InChI is InChI=1S/C15H21N3O2/c1-11(19)17-13-8-5-9-18(10-13)14(15(16)20)12-6-3-2-4-7-12/h2-4,6-7,13-14H,5,8-10H2,1H3,(H2,16,20)(H,17,19).